The summed E-state index contributed by atoms with van der Waals surface area (Å²) >= 11 is 0. The van der Waals surface area contributed by atoms with Gasteiger partial charge >= 0.3 is 5.97 Å². The van der Waals surface area contributed by atoms with Crippen molar-refractivity contribution in [1.29, 1.82) is 0 Å². The number of nitrogens with one attached hydrogen (secondary N) is 1. The van der Waals surface area contributed by atoms with Crippen molar-refractivity contribution in [1.82, 2.24) is 9.88 Å². The van der Waals surface area contributed by atoms with E-state index >= 15 is 0 Å². The molecule has 1 aliphatic rings. The lowest BCUT2D eigenvalue weighted by molar-refractivity contribution is 0.0600. The van der Waals surface area contributed by atoms with Gasteiger partial charge < -0.3 is 14.6 Å². The maximum Gasteiger partial charge on any atom is 0.337 e. The molecule has 0 aliphatic carbocycles. The predicted molar refractivity (Wildman–Crippen MR) is 104 cm³/mol. The lowest BCUT2D eigenvalue weighted by Crippen LogP contribution is -2.36. The van der Waals surface area contributed by atoms with Crippen LogP contribution in [0.2, 0.25) is 0 Å². The minimum Gasteiger partial charge on any atom is -0.465 e. The first-order chi connectivity index (χ1) is 13.0. The van der Waals surface area contributed by atoms with Gasteiger partial charge in [-0.05, 0) is 49.2 Å². The van der Waals surface area contributed by atoms with Crippen LogP contribution < -0.4 is 0 Å². The van der Waals surface area contributed by atoms with Gasteiger partial charge in [0.1, 0.15) is 0 Å². The summed E-state index contributed by atoms with van der Waals surface area (Å²) in [5.74, 6) is -0.300. The molecule has 1 amide bonds. The fourth-order valence-electron chi connectivity index (χ4n) is 3.79. The average Bonchev–Trinajstić information content (AvgIpc) is 3.06. The van der Waals surface area contributed by atoms with E-state index in [1.807, 2.05) is 49.1 Å². The molecule has 2 aromatic carbocycles. The molecule has 3 aromatic rings. The Labute approximate surface area is 157 Å². The van der Waals surface area contributed by atoms with Crippen molar-refractivity contribution in [2.24, 2.45) is 0 Å². The minimum atomic E-state index is -0.356. The number of carbonyl (C=O) groups excluding carboxylic acids is 2. The van der Waals surface area contributed by atoms with Crippen LogP contribution in [0.5, 0.6) is 0 Å². The van der Waals surface area contributed by atoms with E-state index in [2.05, 4.69) is 4.98 Å². The molecule has 0 radical (unpaired) electrons. The average molecular weight is 362 g/mol. The summed E-state index contributed by atoms with van der Waals surface area (Å²) in [6, 6.07) is 11.4. The van der Waals surface area contributed by atoms with E-state index in [1.54, 1.807) is 6.07 Å². The SMILES string of the molecule is COC(=O)c1ccc2[nH]c3c(c2c1)CN(C(=O)c1cccc(C)c1C)CC3. The summed E-state index contributed by atoms with van der Waals surface area (Å²) in [5, 5.41) is 0.978. The van der Waals surface area contributed by atoms with Gasteiger partial charge in [0.15, 0.2) is 0 Å². The zero-order valence-corrected chi connectivity index (χ0v) is 15.8. The van der Waals surface area contributed by atoms with E-state index in [9.17, 15) is 9.59 Å². The highest BCUT2D eigenvalue weighted by atomic mass is 16.5. The second kappa shape index (κ2) is 6.58. The van der Waals surface area contributed by atoms with Crippen LogP contribution >= 0.6 is 0 Å². The van der Waals surface area contributed by atoms with Gasteiger partial charge in [0.2, 0.25) is 0 Å². The number of hydrogen-bond acceptors (Lipinski definition) is 3. The van der Waals surface area contributed by atoms with Crippen molar-refractivity contribution in [3.63, 3.8) is 0 Å². The molecule has 1 N–H and O–H groups in total. The van der Waals surface area contributed by atoms with Crippen LogP contribution in [0.1, 0.15) is 43.1 Å². The van der Waals surface area contributed by atoms with Crippen molar-refractivity contribution in [3.05, 3.63) is 69.9 Å². The number of nitrogens with zero attached hydrogens (tertiary/aromatic N) is 1. The molecule has 0 atom stereocenters. The topological polar surface area (TPSA) is 62.4 Å². The normalized spacial score (nSPS) is 13.5. The Hall–Kier alpha value is -3.08. The second-order valence-electron chi connectivity index (χ2n) is 7.06. The van der Waals surface area contributed by atoms with Gasteiger partial charge in [0.25, 0.3) is 5.91 Å². The third-order valence-corrected chi connectivity index (χ3v) is 5.52. The zero-order chi connectivity index (χ0) is 19.1. The molecule has 0 bridgehead atoms. The summed E-state index contributed by atoms with van der Waals surface area (Å²) in [5.41, 5.74) is 6.62. The van der Waals surface area contributed by atoms with Crippen LogP contribution in [0.15, 0.2) is 36.4 Å². The number of ether oxygens (including phenoxy) is 1. The van der Waals surface area contributed by atoms with Crippen molar-refractivity contribution in [2.75, 3.05) is 13.7 Å². The largest absolute Gasteiger partial charge is 0.465 e. The molecule has 2 heterocycles. The molecule has 0 unspecified atom stereocenters. The number of hydrogen-bond donors (Lipinski definition) is 1. The number of carbonyl (C=O) groups is 2. The number of H-pyrrole nitrogens is 1. The number of esters is 1. The Kier molecular flexibility index (Phi) is 4.22. The maximum absolute atomic E-state index is 13.1. The van der Waals surface area contributed by atoms with Crippen LogP contribution in [0.25, 0.3) is 10.9 Å². The Bertz CT molecular complexity index is 1060. The number of rotatable bonds is 2. The first-order valence-corrected chi connectivity index (χ1v) is 9.07. The smallest absolute Gasteiger partial charge is 0.337 e. The van der Waals surface area contributed by atoms with E-state index in [0.717, 1.165) is 45.3 Å². The van der Waals surface area contributed by atoms with Gasteiger partial charge in [-0.2, -0.15) is 0 Å². The van der Waals surface area contributed by atoms with Crippen molar-refractivity contribution in [3.8, 4) is 0 Å². The van der Waals surface area contributed by atoms with Crippen LogP contribution in [0.3, 0.4) is 0 Å². The van der Waals surface area contributed by atoms with Gasteiger partial charge in [-0.3, -0.25) is 4.79 Å². The number of aryl methyl sites for hydroxylation is 1. The van der Waals surface area contributed by atoms with Crippen molar-refractivity contribution >= 4 is 22.8 Å². The minimum absolute atomic E-state index is 0.0559. The molecule has 1 aliphatic heterocycles. The number of fused-ring (bicyclic) bond motifs is 3. The summed E-state index contributed by atoms with van der Waals surface area (Å²) in [7, 11) is 1.38. The Morgan fingerprint density at radius 3 is 2.74 bits per heavy atom. The monoisotopic (exact) mass is 362 g/mol. The third-order valence-electron chi connectivity index (χ3n) is 5.52. The molecule has 0 fully saturated rings. The molecular weight excluding hydrogens is 340 g/mol. The highest BCUT2D eigenvalue weighted by molar-refractivity contribution is 5.98. The Morgan fingerprint density at radius 2 is 1.96 bits per heavy atom. The molecule has 138 valence electrons. The standard InChI is InChI=1S/C22H22N2O3/c1-13-5-4-6-16(14(13)2)21(25)24-10-9-20-18(12-24)17-11-15(22(26)27-3)7-8-19(17)23-20/h4-8,11,23H,9-10,12H2,1-3H3. The van der Waals surface area contributed by atoms with Gasteiger partial charge in [-0.15, -0.1) is 0 Å². The summed E-state index contributed by atoms with van der Waals surface area (Å²) in [4.78, 5) is 30.3. The zero-order valence-electron chi connectivity index (χ0n) is 15.8. The van der Waals surface area contributed by atoms with E-state index in [-0.39, 0.29) is 11.9 Å². The fraction of sp³-hybridized carbons (Fsp3) is 0.273. The molecule has 27 heavy (non-hydrogen) atoms. The van der Waals surface area contributed by atoms with Crippen LogP contribution in [0.4, 0.5) is 0 Å². The van der Waals surface area contributed by atoms with Crippen molar-refractivity contribution in [2.45, 2.75) is 26.8 Å². The lowest BCUT2D eigenvalue weighted by atomic mass is 9.99. The molecule has 0 saturated carbocycles. The van der Waals surface area contributed by atoms with Gasteiger partial charge in [-0.1, -0.05) is 12.1 Å². The molecule has 5 heteroatoms. The first-order valence-electron chi connectivity index (χ1n) is 9.07. The van der Waals surface area contributed by atoms with Crippen molar-refractivity contribution < 1.29 is 14.3 Å². The van der Waals surface area contributed by atoms with Gasteiger partial charge in [0, 0.05) is 47.2 Å². The summed E-state index contributed by atoms with van der Waals surface area (Å²) < 4.78 is 4.83. The summed E-state index contributed by atoms with van der Waals surface area (Å²) in [6.45, 7) is 5.22. The van der Waals surface area contributed by atoms with Crippen LogP contribution in [0, 0.1) is 13.8 Å². The molecule has 0 spiro atoms. The number of amides is 1. The van der Waals surface area contributed by atoms with E-state index in [0.29, 0.717) is 18.7 Å². The van der Waals surface area contributed by atoms with Gasteiger partial charge in [0.05, 0.1) is 12.7 Å². The second-order valence-corrected chi connectivity index (χ2v) is 7.06. The molecule has 4 rings (SSSR count). The first kappa shape index (κ1) is 17.3. The lowest BCUT2D eigenvalue weighted by Gasteiger charge is -2.28. The van der Waals surface area contributed by atoms with E-state index in [4.69, 9.17) is 4.74 Å². The Morgan fingerprint density at radius 1 is 1.15 bits per heavy atom. The Balaban J connectivity index is 1.70. The number of aromatic nitrogens is 1. The predicted octanol–water partition coefficient (Wildman–Crippen LogP) is 3.77. The number of aromatic amines is 1. The highest BCUT2D eigenvalue weighted by Crippen LogP contribution is 2.30. The summed E-state index contributed by atoms with van der Waals surface area (Å²) in [6.07, 6.45) is 0.772. The van der Waals surface area contributed by atoms with Crippen LogP contribution in [-0.4, -0.2) is 35.4 Å². The van der Waals surface area contributed by atoms with E-state index < -0.39 is 0 Å². The van der Waals surface area contributed by atoms with E-state index in [1.165, 1.54) is 7.11 Å². The molecule has 1 aromatic heterocycles. The number of benzene rings is 2. The fourth-order valence-corrected chi connectivity index (χ4v) is 3.79. The van der Waals surface area contributed by atoms with Crippen LogP contribution in [-0.2, 0) is 17.7 Å². The molecular formula is C22H22N2O3. The highest BCUT2D eigenvalue weighted by Gasteiger charge is 2.26. The maximum atomic E-state index is 13.1. The quantitative estimate of drug-likeness (QED) is 0.706. The third kappa shape index (κ3) is 2.89. The number of methoxy groups -OCH3 is 1. The van der Waals surface area contributed by atoms with Gasteiger partial charge in [-0.25, -0.2) is 4.79 Å². The molecule has 5 nitrogen and oxygen atoms in total. The molecule has 0 saturated heterocycles.